The molecule has 0 aromatic carbocycles. The molecule has 1 amide bonds. The van der Waals surface area contributed by atoms with Crippen LogP contribution in [0, 0.1) is 5.92 Å². The first kappa shape index (κ1) is 25.1. The van der Waals surface area contributed by atoms with Gasteiger partial charge in [-0.2, -0.15) is 0 Å². The summed E-state index contributed by atoms with van der Waals surface area (Å²) >= 11 is 0. The minimum atomic E-state index is -0.596. The monoisotopic (exact) mass is 445 g/mol. The highest BCUT2D eigenvalue weighted by Gasteiger charge is 2.29. The van der Waals surface area contributed by atoms with Crippen LogP contribution in [-0.4, -0.2) is 33.0 Å². The second-order valence-electron chi connectivity index (χ2n) is 7.57. The molecule has 4 N–H and O–H groups in total. The second kappa shape index (κ2) is 10.2. The van der Waals surface area contributed by atoms with Crippen molar-refractivity contribution < 1.29 is 4.79 Å². The van der Waals surface area contributed by atoms with Crippen molar-refractivity contribution in [2.75, 3.05) is 6.54 Å². The van der Waals surface area contributed by atoms with Gasteiger partial charge in [0.05, 0.1) is 10.9 Å². The number of fused-ring (bicyclic) bond motifs is 1. The summed E-state index contributed by atoms with van der Waals surface area (Å²) in [6, 6.07) is 1.56. The Labute approximate surface area is 181 Å². The van der Waals surface area contributed by atoms with Crippen molar-refractivity contribution in [2.45, 2.75) is 58.5 Å². The molecular formula is C19H29Cl2N5O3. The van der Waals surface area contributed by atoms with E-state index in [4.69, 9.17) is 5.73 Å². The zero-order chi connectivity index (χ0) is 19.7. The van der Waals surface area contributed by atoms with E-state index in [0.717, 1.165) is 12.8 Å². The third-order valence-electron chi connectivity index (χ3n) is 4.98. The lowest BCUT2D eigenvalue weighted by Gasteiger charge is -2.16. The highest BCUT2D eigenvalue weighted by Crippen LogP contribution is 2.31. The van der Waals surface area contributed by atoms with Crippen LogP contribution in [0.3, 0.4) is 0 Å². The van der Waals surface area contributed by atoms with Crippen molar-refractivity contribution in [3.8, 4) is 0 Å². The van der Waals surface area contributed by atoms with E-state index in [2.05, 4.69) is 15.3 Å². The molecule has 1 aliphatic carbocycles. The van der Waals surface area contributed by atoms with E-state index in [0.29, 0.717) is 31.1 Å². The Kier molecular flexibility index (Phi) is 8.86. The molecule has 0 spiro atoms. The van der Waals surface area contributed by atoms with E-state index in [1.165, 1.54) is 4.57 Å². The summed E-state index contributed by atoms with van der Waals surface area (Å²) in [5.74, 6) is 0.135. The number of aromatic nitrogens is 3. The van der Waals surface area contributed by atoms with Gasteiger partial charge in [0.15, 0.2) is 5.65 Å². The Morgan fingerprint density at radius 3 is 2.55 bits per heavy atom. The third kappa shape index (κ3) is 5.38. The van der Waals surface area contributed by atoms with E-state index in [1.54, 1.807) is 6.07 Å². The van der Waals surface area contributed by atoms with Crippen LogP contribution in [0.5, 0.6) is 0 Å². The van der Waals surface area contributed by atoms with Crippen molar-refractivity contribution in [2.24, 2.45) is 11.7 Å². The fraction of sp³-hybridized carbons (Fsp3) is 0.579. The number of hydrogen-bond acceptors (Lipinski definition) is 5. The van der Waals surface area contributed by atoms with Gasteiger partial charge in [0, 0.05) is 24.8 Å². The van der Waals surface area contributed by atoms with Crippen LogP contribution in [0.4, 0.5) is 0 Å². The highest BCUT2D eigenvalue weighted by atomic mass is 35.5. The van der Waals surface area contributed by atoms with Gasteiger partial charge in [-0.1, -0.05) is 20.8 Å². The highest BCUT2D eigenvalue weighted by molar-refractivity contribution is 6.05. The number of rotatable bonds is 7. The zero-order valence-corrected chi connectivity index (χ0v) is 18.5. The van der Waals surface area contributed by atoms with Crippen molar-refractivity contribution in [1.82, 2.24) is 19.9 Å². The van der Waals surface area contributed by atoms with Crippen molar-refractivity contribution in [3.05, 3.63) is 38.2 Å². The molecule has 2 aromatic rings. The summed E-state index contributed by atoms with van der Waals surface area (Å²) in [6.07, 6.45) is 2.89. The molecular weight excluding hydrogens is 417 g/mol. The summed E-state index contributed by atoms with van der Waals surface area (Å²) in [5, 5.41) is 2.98. The lowest BCUT2D eigenvalue weighted by Crippen LogP contribution is -2.39. The molecule has 162 valence electrons. The van der Waals surface area contributed by atoms with Gasteiger partial charge in [0.2, 0.25) is 0 Å². The van der Waals surface area contributed by atoms with E-state index < -0.39 is 11.2 Å². The van der Waals surface area contributed by atoms with E-state index in [9.17, 15) is 14.4 Å². The van der Waals surface area contributed by atoms with E-state index >= 15 is 0 Å². The van der Waals surface area contributed by atoms with Crippen LogP contribution in [0.25, 0.3) is 11.0 Å². The summed E-state index contributed by atoms with van der Waals surface area (Å²) in [5.41, 5.74) is 6.12. The summed E-state index contributed by atoms with van der Waals surface area (Å²) in [7, 11) is 0. The molecule has 3 rings (SSSR count). The van der Waals surface area contributed by atoms with Crippen molar-refractivity contribution >= 4 is 41.8 Å². The Morgan fingerprint density at radius 2 is 2.00 bits per heavy atom. The molecule has 10 heteroatoms. The Hall–Kier alpha value is -1.90. The maximum Gasteiger partial charge on any atom is 0.329 e. The van der Waals surface area contributed by atoms with Crippen LogP contribution < -0.4 is 22.3 Å². The smallest absolute Gasteiger partial charge is 0.329 e. The number of nitrogens with one attached hydrogen (secondary N) is 2. The molecule has 1 unspecified atom stereocenters. The van der Waals surface area contributed by atoms with Gasteiger partial charge in [0.25, 0.3) is 11.5 Å². The molecule has 1 atom stereocenters. The molecule has 0 saturated heterocycles. The lowest BCUT2D eigenvalue weighted by molar-refractivity contribution is 0.0951. The number of H-pyrrole nitrogens is 1. The predicted octanol–water partition coefficient (Wildman–Crippen LogP) is 1.93. The van der Waals surface area contributed by atoms with Gasteiger partial charge < -0.3 is 11.1 Å². The predicted molar refractivity (Wildman–Crippen MR) is 119 cm³/mol. The average molecular weight is 446 g/mol. The van der Waals surface area contributed by atoms with Crippen molar-refractivity contribution in [1.29, 1.82) is 0 Å². The number of aromatic amines is 1. The first-order valence-corrected chi connectivity index (χ1v) is 9.55. The number of hydrogen-bond donors (Lipinski definition) is 3. The Morgan fingerprint density at radius 1 is 1.34 bits per heavy atom. The average Bonchev–Trinajstić information content (AvgIpc) is 3.46. The molecule has 1 fully saturated rings. The van der Waals surface area contributed by atoms with Gasteiger partial charge in [-0.05, 0) is 37.2 Å². The molecule has 29 heavy (non-hydrogen) atoms. The van der Waals surface area contributed by atoms with E-state index in [-0.39, 0.29) is 59.3 Å². The lowest BCUT2D eigenvalue weighted by atomic mass is 10.0. The summed E-state index contributed by atoms with van der Waals surface area (Å²) in [4.78, 5) is 44.5. The van der Waals surface area contributed by atoms with Crippen LogP contribution in [0.15, 0.2) is 15.7 Å². The molecule has 2 heterocycles. The number of nitrogens with zero attached hydrogens (tertiary/aromatic N) is 2. The number of halogens is 2. The normalized spacial score (nSPS) is 14.2. The minimum absolute atomic E-state index is 0. The number of carbonyl (C=O) groups excluding carboxylic acids is 1. The topological polar surface area (TPSA) is 123 Å². The molecule has 0 radical (unpaired) electrons. The molecule has 0 bridgehead atoms. The zero-order valence-electron chi connectivity index (χ0n) is 16.9. The summed E-state index contributed by atoms with van der Waals surface area (Å²) < 4.78 is 1.43. The fourth-order valence-corrected chi connectivity index (χ4v) is 3.20. The first-order valence-electron chi connectivity index (χ1n) is 9.55. The Balaban J connectivity index is 0.00000210. The fourth-order valence-electron chi connectivity index (χ4n) is 3.20. The first-order chi connectivity index (χ1) is 12.8. The van der Waals surface area contributed by atoms with Gasteiger partial charge in [-0.3, -0.25) is 19.1 Å². The van der Waals surface area contributed by atoms with Gasteiger partial charge in [0.1, 0.15) is 0 Å². The SMILES string of the molecule is CCCn1c(=O)[nH]c(=O)c2c(C(=O)NCC(N)C3CC3)cc(C(C)C)nc21.Cl.Cl. The van der Waals surface area contributed by atoms with Crippen LogP contribution in [-0.2, 0) is 6.54 Å². The quantitative estimate of drug-likeness (QED) is 0.600. The molecule has 8 nitrogen and oxygen atoms in total. The third-order valence-corrected chi connectivity index (χ3v) is 4.98. The van der Waals surface area contributed by atoms with E-state index in [1.807, 2.05) is 20.8 Å². The Bertz CT molecular complexity index is 982. The molecule has 0 aliphatic heterocycles. The van der Waals surface area contributed by atoms with Crippen LogP contribution in [0.2, 0.25) is 0 Å². The van der Waals surface area contributed by atoms with Crippen LogP contribution >= 0.6 is 24.8 Å². The standard InChI is InChI=1S/C19H27N5O3.2ClH/c1-4-7-24-16-15(18(26)23-19(24)27)12(8-14(22-16)10(2)3)17(25)21-9-13(20)11-5-6-11;;/h8,10-11,13H,4-7,9,20H2,1-3H3,(H,21,25)(H,23,26,27);2*1H. The minimum Gasteiger partial charge on any atom is -0.350 e. The number of pyridine rings is 1. The van der Waals surface area contributed by atoms with Gasteiger partial charge >= 0.3 is 5.69 Å². The van der Waals surface area contributed by atoms with Gasteiger partial charge in [-0.15, -0.1) is 24.8 Å². The maximum absolute atomic E-state index is 12.9. The molecule has 1 saturated carbocycles. The number of amides is 1. The number of nitrogens with two attached hydrogens (primary N) is 1. The largest absolute Gasteiger partial charge is 0.350 e. The van der Waals surface area contributed by atoms with Gasteiger partial charge in [-0.25, -0.2) is 9.78 Å². The summed E-state index contributed by atoms with van der Waals surface area (Å²) in [6.45, 7) is 6.61. The molecule has 2 aromatic heterocycles. The number of carbonyl (C=O) groups is 1. The maximum atomic E-state index is 12.9. The second-order valence-corrected chi connectivity index (χ2v) is 7.57. The van der Waals surface area contributed by atoms with Crippen LogP contribution in [0.1, 0.15) is 62.0 Å². The van der Waals surface area contributed by atoms with Crippen molar-refractivity contribution in [3.63, 3.8) is 0 Å². The number of aryl methyl sites for hydroxylation is 1. The molecule has 1 aliphatic rings.